The van der Waals surface area contributed by atoms with E-state index in [1.165, 1.54) is 0 Å². The largest absolute Gasteiger partial charge is 0.486 e. The molecule has 0 unspecified atom stereocenters. The average Bonchev–Trinajstić information content (AvgIpc) is 2.66. The fourth-order valence-corrected chi connectivity index (χ4v) is 2.84. The number of aryl methyl sites for hydroxylation is 1. The second-order valence-corrected chi connectivity index (χ2v) is 5.68. The summed E-state index contributed by atoms with van der Waals surface area (Å²) in [6.07, 6.45) is 0. The maximum absolute atomic E-state index is 6.04. The molecule has 0 aliphatic heterocycles. The first-order valence-electron chi connectivity index (χ1n) is 4.77. The molecule has 0 N–H and O–H groups in total. The molecule has 0 fully saturated rings. The van der Waals surface area contributed by atoms with E-state index in [9.17, 15) is 0 Å². The predicted molar refractivity (Wildman–Crippen MR) is 72.5 cm³/mol. The van der Waals surface area contributed by atoms with Gasteiger partial charge in [-0.25, -0.2) is 0 Å². The number of rotatable bonds is 3. The number of thiophene rings is 1. The Labute approximate surface area is 112 Å². The van der Waals surface area contributed by atoms with Crippen LogP contribution in [0.25, 0.3) is 0 Å². The Hall–Kier alpha value is -0.510. The van der Waals surface area contributed by atoms with Crippen molar-refractivity contribution in [2.75, 3.05) is 0 Å². The summed E-state index contributed by atoms with van der Waals surface area (Å²) < 4.78 is 6.78. The van der Waals surface area contributed by atoms with Crippen LogP contribution >= 0.6 is 38.9 Å². The van der Waals surface area contributed by atoms with Crippen molar-refractivity contribution in [2.24, 2.45) is 0 Å². The van der Waals surface area contributed by atoms with E-state index in [-0.39, 0.29) is 0 Å². The van der Waals surface area contributed by atoms with Crippen LogP contribution in [-0.4, -0.2) is 0 Å². The van der Waals surface area contributed by atoms with Gasteiger partial charge in [0, 0.05) is 4.47 Å². The van der Waals surface area contributed by atoms with Gasteiger partial charge >= 0.3 is 0 Å². The maximum Gasteiger partial charge on any atom is 0.138 e. The summed E-state index contributed by atoms with van der Waals surface area (Å²) in [5, 5.41) is 2.68. The van der Waals surface area contributed by atoms with Gasteiger partial charge in [0.1, 0.15) is 12.4 Å². The first-order valence-corrected chi connectivity index (χ1v) is 6.82. The van der Waals surface area contributed by atoms with Crippen LogP contribution in [0, 0.1) is 6.92 Å². The van der Waals surface area contributed by atoms with Gasteiger partial charge in [0.05, 0.1) is 9.90 Å². The number of ether oxygens (including phenoxy) is 1. The maximum atomic E-state index is 6.04. The van der Waals surface area contributed by atoms with E-state index in [2.05, 4.69) is 15.9 Å². The van der Waals surface area contributed by atoms with Crippen molar-refractivity contribution >= 4 is 38.9 Å². The van der Waals surface area contributed by atoms with Crippen molar-refractivity contribution < 1.29 is 4.74 Å². The molecule has 0 aliphatic rings. The fraction of sp³-hybridized carbons (Fsp3) is 0.167. The van der Waals surface area contributed by atoms with Crippen molar-refractivity contribution in [3.63, 3.8) is 0 Å². The third kappa shape index (κ3) is 2.78. The van der Waals surface area contributed by atoms with Crippen LogP contribution < -0.4 is 4.74 Å². The van der Waals surface area contributed by atoms with Crippen LogP contribution in [-0.2, 0) is 6.61 Å². The smallest absolute Gasteiger partial charge is 0.138 e. The predicted octanol–water partition coefficient (Wildman–Crippen LogP) is 5.05. The van der Waals surface area contributed by atoms with Crippen LogP contribution in [0.3, 0.4) is 0 Å². The monoisotopic (exact) mass is 316 g/mol. The van der Waals surface area contributed by atoms with Gasteiger partial charge in [0.15, 0.2) is 0 Å². The summed E-state index contributed by atoms with van der Waals surface area (Å²) in [5.41, 5.74) is 1.14. The topological polar surface area (TPSA) is 9.23 Å². The Bertz CT molecular complexity index is 496. The highest BCUT2D eigenvalue weighted by molar-refractivity contribution is 9.10. The molecule has 1 nitrogen and oxygen atoms in total. The quantitative estimate of drug-likeness (QED) is 0.769. The molecule has 16 heavy (non-hydrogen) atoms. The lowest BCUT2D eigenvalue weighted by molar-refractivity contribution is 0.309. The zero-order valence-corrected chi connectivity index (χ0v) is 11.8. The molecule has 0 saturated heterocycles. The molecule has 1 heterocycles. The standard InChI is InChI=1S/C12H10BrClOS/c1-8-2-3-10(14)11(6-8)15-7-12-9(13)4-5-16-12/h2-6H,7H2,1H3. The molecule has 0 bridgehead atoms. The van der Waals surface area contributed by atoms with Crippen LogP contribution in [0.5, 0.6) is 5.75 Å². The van der Waals surface area contributed by atoms with E-state index in [0.29, 0.717) is 11.6 Å². The molecule has 0 aliphatic carbocycles. The number of benzene rings is 1. The molecule has 0 saturated carbocycles. The van der Waals surface area contributed by atoms with Gasteiger partial charge in [0.25, 0.3) is 0 Å². The lowest BCUT2D eigenvalue weighted by Gasteiger charge is -2.08. The fourth-order valence-electron chi connectivity index (χ4n) is 1.29. The molecule has 2 aromatic rings. The van der Waals surface area contributed by atoms with E-state index in [1.54, 1.807) is 11.3 Å². The molecule has 4 heteroatoms. The van der Waals surface area contributed by atoms with E-state index >= 15 is 0 Å². The molecular weight excluding hydrogens is 308 g/mol. The second-order valence-electron chi connectivity index (χ2n) is 3.41. The molecule has 1 aromatic heterocycles. The summed E-state index contributed by atoms with van der Waals surface area (Å²) >= 11 is 11.2. The van der Waals surface area contributed by atoms with E-state index in [4.69, 9.17) is 16.3 Å². The molecule has 1 aromatic carbocycles. The minimum Gasteiger partial charge on any atom is -0.486 e. The molecule has 0 amide bonds. The normalized spacial score (nSPS) is 10.4. The van der Waals surface area contributed by atoms with Gasteiger partial charge in [-0.3, -0.25) is 0 Å². The minimum atomic E-state index is 0.543. The Morgan fingerprint density at radius 2 is 2.19 bits per heavy atom. The van der Waals surface area contributed by atoms with Crippen LogP contribution in [0.2, 0.25) is 5.02 Å². The summed E-state index contributed by atoms with van der Waals surface area (Å²) in [5.74, 6) is 0.738. The third-order valence-corrected chi connectivity index (χ3v) is 4.35. The Balaban J connectivity index is 2.10. The zero-order valence-electron chi connectivity index (χ0n) is 8.67. The lowest BCUT2D eigenvalue weighted by Crippen LogP contribution is -1.94. The van der Waals surface area contributed by atoms with Gasteiger partial charge in [-0.2, -0.15) is 0 Å². The average molecular weight is 318 g/mol. The van der Waals surface area contributed by atoms with Gasteiger partial charge < -0.3 is 4.74 Å². The summed E-state index contributed by atoms with van der Waals surface area (Å²) in [4.78, 5) is 1.16. The van der Waals surface area contributed by atoms with Crippen molar-refractivity contribution in [3.8, 4) is 5.75 Å². The van der Waals surface area contributed by atoms with Crippen molar-refractivity contribution in [2.45, 2.75) is 13.5 Å². The van der Waals surface area contributed by atoms with E-state index in [1.807, 2.05) is 36.6 Å². The molecule has 0 radical (unpaired) electrons. The summed E-state index contributed by atoms with van der Waals surface area (Å²) in [6, 6.07) is 7.79. The number of hydrogen-bond donors (Lipinski definition) is 0. The van der Waals surface area contributed by atoms with Crippen molar-refractivity contribution in [1.82, 2.24) is 0 Å². The first-order chi connectivity index (χ1) is 7.66. The number of halogens is 2. The Kier molecular flexibility index (Phi) is 3.90. The van der Waals surface area contributed by atoms with Crippen molar-refractivity contribution in [1.29, 1.82) is 0 Å². The van der Waals surface area contributed by atoms with Gasteiger partial charge in [-0.15, -0.1) is 11.3 Å². The van der Waals surface area contributed by atoms with E-state index < -0.39 is 0 Å². The molecular formula is C12H10BrClOS. The summed E-state index contributed by atoms with van der Waals surface area (Å²) in [7, 11) is 0. The van der Waals surface area contributed by atoms with Gasteiger partial charge in [-0.05, 0) is 52.0 Å². The minimum absolute atomic E-state index is 0.543. The van der Waals surface area contributed by atoms with Gasteiger partial charge in [0.2, 0.25) is 0 Å². The summed E-state index contributed by atoms with van der Waals surface area (Å²) in [6.45, 7) is 2.56. The highest BCUT2D eigenvalue weighted by Gasteiger charge is 2.05. The van der Waals surface area contributed by atoms with Gasteiger partial charge in [-0.1, -0.05) is 17.7 Å². The highest BCUT2D eigenvalue weighted by Crippen LogP contribution is 2.28. The Morgan fingerprint density at radius 1 is 1.38 bits per heavy atom. The zero-order chi connectivity index (χ0) is 11.5. The van der Waals surface area contributed by atoms with Crippen LogP contribution in [0.1, 0.15) is 10.4 Å². The molecule has 2 rings (SSSR count). The third-order valence-electron chi connectivity index (χ3n) is 2.14. The van der Waals surface area contributed by atoms with Crippen LogP contribution in [0.4, 0.5) is 0 Å². The number of hydrogen-bond acceptors (Lipinski definition) is 2. The SMILES string of the molecule is Cc1ccc(Cl)c(OCc2sccc2Br)c1. The van der Waals surface area contributed by atoms with E-state index in [0.717, 1.165) is 20.7 Å². The molecule has 84 valence electrons. The lowest BCUT2D eigenvalue weighted by atomic mass is 10.2. The van der Waals surface area contributed by atoms with Crippen LogP contribution in [0.15, 0.2) is 34.1 Å². The Morgan fingerprint density at radius 3 is 2.88 bits per heavy atom. The highest BCUT2D eigenvalue weighted by atomic mass is 79.9. The van der Waals surface area contributed by atoms with Crippen molar-refractivity contribution in [3.05, 3.63) is 49.6 Å². The molecule has 0 spiro atoms. The first kappa shape index (κ1) is 12.0. The second kappa shape index (κ2) is 5.21. The molecule has 0 atom stereocenters.